The summed E-state index contributed by atoms with van der Waals surface area (Å²) in [5.74, 6) is -0.835. The Kier molecular flexibility index (Phi) is 68.0. The molecule has 0 heterocycles. The van der Waals surface area contributed by atoms with Crippen LogP contribution in [-0.2, 0) is 28.6 Å². The van der Waals surface area contributed by atoms with Crippen molar-refractivity contribution in [3.63, 3.8) is 0 Å². The molecule has 1 unspecified atom stereocenters. The number of carbonyl (C=O) groups excluding carboxylic acids is 3. The van der Waals surface area contributed by atoms with Crippen molar-refractivity contribution in [2.24, 2.45) is 0 Å². The average Bonchev–Trinajstić information content (AvgIpc) is 3.46. The SMILES string of the molecule is CCCCCCCCCC/C=C\CCCCCCCCCCCC(=O)OC(COC(=O)CCCCCCCCCCCC)COC(=O)CCCCCCCCCCCCCCCCCCCCCCCCCCCCCCCCC. The minimum atomic E-state index is -0.767. The molecule has 0 saturated carbocycles. The summed E-state index contributed by atoms with van der Waals surface area (Å²) < 4.78 is 17.0. The van der Waals surface area contributed by atoms with Crippen molar-refractivity contribution >= 4 is 17.9 Å². The molecule has 6 heteroatoms. The highest BCUT2D eigenvalue weighted by molar-refractivity contribution is 5.71. The predicted molar refractivity (Wildman–Crippen MR) is 349 cm³/mol. The second-order valence-electron chi connectivity index (χ2n) is 25.2. The van der Waals surface area contributed by atoms with Crippen LogP contribution in [0.3, 0.4) is 0 Å². The first-order valence-electron chi connectivity index (χ1n) is 36.7. The number of hydrogen-bond acceptors (Lipinski definition) is 6. The summed E-state index contributed by atoms with van der Waals surface area (Å²) in [6, 6.07) is 0. The quantitative estimate of drug-likeness (QED) is 0.0261. The van der Waals surface area contributed by atoms with Crippen LogP contribution in [0.15, 0.2) is 12.2 Å². The van der Waals surface area contributed by atoms with Crippen LogP contribution >= 0.6 is 0 Å². The third-order valence-electron chi connectivity index (χ3n) is 17.0. The molecule has 0 aliphatic rings. The third-order valence-corrected chi connectivity index (χ3v) is 17.0. The number of unbranched alkanes of at least 4 members (excludes halogenated alkanes) is 56. The topological polar surface area (TPSA) is 78.9 Å². The molecule has 0 aromatic rings. The first kappa shape index (κ1) is 78.1. The minimum absolute atomic E-state index is 0.0642. The molecule has 1 atom stereocenters. The fraction of sp³-hybridized carbons (Fsp3) is 0.932. The summed E-state index contributed by atoms with van der Waals surface area (Å²) in [5.41, 5.74) is 0. The Hall–Kier alpha value is -1.85. The zero-order valence-corrected chi connectivity index (χ0v) is 54.6. The van der Waals surface area contributed by atoms with Crippen LogP contribution in [0, 0.1) is 0 Å². The molecule has 6 nitrogen and oxygen atoms in total. The van der Waals surface area contributed by atoms with Gasteiger partial charge in [-0.1, -0.05) is 373 Å². The fourth-order valence-corrected chi connectivity index (χ4v) is 11.5. The Morgan fingerprint density at radius 3 is 0.625 bits per heavy atom. The molecule has 0 aliphatic heterocycles. The monoisotopic (exact) mass is 1130 g/mol. The zero-order chi connectivity index (χ0) is 57.8. The van der Waals surface area contributed by atoms with E-state index in [0.29, 0.717) is 19.3 Å². The van der Waals surface area contributed by atoms with Crippen molar-refractivity contribution in [1.82, 2.24) is 0 Å². The molecule has 0 fully saturated rings. The van der Waals surface area contributed by atoms with Gasteiger partial charge in [-0.25, -0.2) is 0 Å². The minimum Gasteiger partial charge on any atom is -0.462 e. The maximum absolute atomic E-state index is 12.9. The summed E-state index contributed by atoms with van der Waals surface area (Å²) in [6.07, 6.45) is 84.2. The number of ether oxygens (including phenoxy) is 3. The van der Waals surface area contributed by atoms with Gasteiger partial charge in [0, 0.05) is 19.3 Å². The number of carbonyl (C=O) groups is 3. The van der Waals surface area contributed by atoms with Gasteiger partial charge in [0.15, 0.2) is 6.10 Å². The second kappa shape index (κ2) is 69.6. The lowest BCUT2D eigenvalue weighted by molar-refractivity contribution is -0.167. The molecule has 0 aromatic heterocycles. The van der Waals surface area contributed by atoms with Crippen LogP contribution in [0.1, 0.15) is 425 Å². The molecule has 0 rings (SSSR count). The normalized spacial score (nSPS) is 12.0. The molecular formula is C74H142O6. The summed E-state index contributed by atoms with van der Waals surface area (Å²) in [5, 5.41) is 0. The van der Waals surface area contributed by atoms with E-state index < -0.39 is 6.10 Å². The number of rotatable bonds is 69. The van der Waals surface area contributed by atoms with Crippen molar-refractivity contribution in [2.75, 3.05) is 13.2 Å². The maximum atomic E-state index is 12.9. The number of hydrogen-bond donors (Lipinski definition) is 0. The van der Waals surface area contributed by atoms with E-state index in [9.17, 15) is 14.4 Å². The number of esters is 3. The van der Waals surface area contributed by atoms with Crippen LogP contribution in [-0.4, -0.2) is 37.2 Å². The Labute approximate surface area is 501 Å². The molecule has 0 N–H and O–H groups in total. The van der Waals surface area contributed by atoms with Gasteiger partial charge in [0.05, 0.1) is 0 Å². The number of allylic oxidation sites excluding steroid dienone is 2. The van der Waals surface area contributed by atoms with Crippen molar-refractivity contribution in [3.05, 3.63) is 12.2 Å². The molecule has 0 radical (unpaired) electrons. The van der Waals surface area contributed by atoms with Gasteiger partial charge < -0.3 is 14.2 Å². The van der Waals surface area contributed by atoms with Crippen LogP contribution < -0.4 is 0 Å². The Morgan fingerprint density at radius 2 is 0.412 bits per heavy atom. The maximum Gasteiger partial charge on any atom is 0.306 e. The van der Waals surface area contributed by atoms with Crippen LogP contribution in [0.2, 0.25) is 0 Å². The lowest BCUT2D eigenvalue weighted by atomic mass is 10.0. The molecule has 0 aliphatic carbocycles. The van der Waals surface area contributed by atoms with Gasteiger partial charge in [-0.15, -0.1) is 0 Å². The summed E-state index contributed by atoms with van der Waals surface area (Å²) in [4.78, 5) is 38.3. The highest BCUT2D eigenvalue weighted by atomic mass is 16.6. The largest absolute Gasteiger partial charge is 0.462 e. The fourth-order valence-electron chi connectivity index (χ4n) is 11.5. The van der Waals surface area contributed by atoms with Crippen LogP contribution in [0.4, 0.5) is 0 Å². The molecule has 474 valence electrons. The van der Waals surface area contributed by atoms with E-state index in [2.05, 4.69) is 32.9 Å². The summed E-state index contributed by atoms with van der Waals surface area (Å²) >= 11 is 0. The molecule has 0 aromatic carbocycles. The first-order valence-corrected chi connectivity index (χ1v) is 36.7. The molecule has 0 amide bonds. The standard InChI is InChI=1S/C74H142O6/c1-4-7-10-13-16-19-22-24-26-28-30-32-33-34-35-36-37-38-39-40-41-43-44-46-48-50-52-55-58-61-64-67-73(76)79-70-71(69-78-72(75)66-63-60-57-54-21-18-15-12-9-6-3)80-74(77)68-65-62-59-56-53-51-49-47-45-42-31-29-27-25-23-20-17-14-11-8-5-2/h29,31,71H,4-28,30,32-70H2,1-3H3/b31-29-. The van der Waals surface area contributed by atoms with Gasteiger partial charge >= 0.3 is 17.9 Å². The van der Waals surface area contributed by atoms with Crippen LogP contribution in [0.25, 0.3) is 0 Å². The summed E-state index contributed by atoms with van der Waals surface area (Å²) in [6.45, 7) is 6.71. The van der Waals surface area contributed by atoms with E-state index in [4.69, 9.17) is 14.2 Å². The van der Waals surface area contributed by atoms with Gasteiger partial charge in [-0.3, -0.25) is 14.4 Å². The lowest BCUT2D eigenvalue weighted by Gasteiger charge is -2.18. The van der Waals surface area contributed by atoms with Crippen molar-refractivity contribution in [1.29, 1.82) is 0 Å². The van der Waals surface area contributed by atoms with Gasteiger partial charge in [0.2, 0.25) is 0 Å². The van der Waals surface area contributed by atoms with E-state index in [0.717, 1.165) is 57.8 Å². The Morgan fingerprint density at radius 1 is 0.237 bits per heavy atom. The zero-order valence-electron chi connectivity index (χ0n) is 54.6. The Balaban J connectivity index is 4.06. The molecule has 0 spiro atoms. The average molecular weight is 1130 g/mol. The van der Waals surface area contributed by atoms with E-state index in [-0.39, 0.29) is 31.1 Å². The van der Waals surface area contributed by atoms with E-state index in [1.807, 2.05) is 0 Å². The van der Waals surface area contributed by atoms with Gasteiger partial charge in [0.1, 0.15) is 13.2 Å². The van der Waals surface area contributed by atoms with Crippen LogP contribution in [0.5, 0.6) is 0 Å². The highest BCUT2D eigenvalue weighted by Crippen LogP contribution is 2.19. The molecule has 80 heavy (non-hydrogen) atoms. The molecular weight excluding hydrogens is 985 g/mol. The second-order valence-corrected chi connectivity index (χ2v) is 25.2. The predicted octanol–water partition coefficient (Wildman–Crippen LogP) is 25.2. The van der Waals surface area contributed by atoms with E-state index >= 15 is 0 Å². The first-order chi connectivity index (χ1) is 39.5. The lowest BCUT2D eigenvalue weighted by Crippen LogP contribution is -2.30. The van der Waals surface area contributed by atoms with Gasteiger partial charge in [-0.2, -0.15) is 0 Å². The van der Waals surface area contributed by atoms with Gasteiger partial charge in [-0.05, 0) is 44.9 Å². The summed E-state index contributed by atoms with van der Waals surface area (Å²) in [7, 11) is 0. The Bertz CT molecular complexity index is 1250. The highest BCUT2D eigenvalue weighted by Gasteiger charge is 2.20. The van der Waals surface area contributed by atoms with E-state index in [1.54, 1.807) is 0 Å². The van der Waals surface area contributed by atoms with Crippen molar-refractivity contribution in [3.8, 4) is 0 Å². The smallest absolute Gasteiger partial charge is 0.306 e. The van der Waals surface area contributed by atoms with Gasteiger partial charge in [0.25, 0.3) is 0 Å². The third kappa shape index (κ3) is 66.9. The van der Waals surface area contributed by atoms with E-state index in [1.165, 1.54) is 327 Å². The van der Waals surface area contributed by atoms with Crippen molar-refractivity contribution in [2.45, 2.75) is 431 Å². The molecule has 0 bridgehead atoms. The molecule has 0 saturated heterocycles. The van der Waals surface area contributed by atoms with Crippen molar-refractivity contribution < 1.29 is 28.6 Å².